The lowest BCUT2D eigenvalue weighted by Crippen LogP contribution is -2.26. The number of allylic oxidation sites excluding steroid dienone is 4. The van der Waals surface area contributed by atoms with Gasteiger partial charge in [0.05, 0.1) is 6.61 Å². The first-order valence-electron chi connectivity index (χ1n) is 18.9. The molecule has 1 atom stereocenters. The molecular formula is C39H74O4. The van der Waals surface area contributed by atoms with Gasteiger partial charge in [0, 0.05) is 13.0 Å². The molecule has 0 rings (SSSR count). The summed E-state index contributed by atoms with van der Waals surface area (Å²) in [5, 5.41) is 9.56. The van der Waals surface area contributed by atoms with Gasteiger partial charge in [0.2, 0.25) is 0 Å². The van der Waals surface area contributed by atoms with Crippen LogP contribution >= 0.6 is 0 Å². The largest absolute Gasteiger partial charge is 0.463 e. The number of aliphatic hydroxyl groups is 1. The van der Waals surface area contributed by atoms with Gasteiger partial charge in [-0.25, -0.2) is 0 Å². The second kappa shape index (κ2) is 37.1. The van der Waals surface area contributed by atoms with E-state index in [1.54, 1.807) is 0 Å². The minimum Gasteiger partial charge on any atom is -0.463 e. The molecule has 0 aromatic rings. The predicted octanol–water partition coefficient (Wildman–Crippen LogP) is 12.0. The van der Waals surface area contributed by atoms with E-state index in [9.17, 15) is 9.90 Å². The normalized spacial score (nSPS) is 12.5. The highest BCUT2D eigenvalue weighted by Crippen LogP contribution is 2.12. The van der Waals surface area contributed by atoms with Crippen molar-refractivity contribution < 1.29 is 19.4 Å². The van der Waals surface area contributed by atoms with Crippen LogP contribution in [0.15, 0.2) is 24.3 Å². The van der Waals surface area contributed by atoms with Crippen LogP contribution < -0.4 is 0 Å². The molecule has 0 spiro atoms. The molecule has 0 aromatic carbocycles. The Morgan fingerprint density at radius 3 is 1.33 bits per heavy atom. The fourth-order valence-electron chi connectivity index (χ4n) is 5.35. The zero-order chi connectivity index (χ0) is 31.3. The molecule has 0 saturated heterocycles. The van der Waals surface area contributed by atoms with Crippen LogP contribution in [0.2, 0.25) is 0 Å². The Bertz CT molecular complexity index is 600. The van der Waals surface area contributed by atoms with Crippen molar-refractivity contribution >= 4 is 5.97 Å². The van der Waals surface area contributed by atoms with Crippen molar-refractivity contribution in [3.8, 4) is 0 Å². The second-order valence-electron chi connectivity index (χ2n) is 12.6. The number of carbonyl (C=O) groups excluding carboxylic acids is 1. The van der Waals surface area contributed by atoms with Crippen LogP contribution in [0.4, 0.5) is 0 Å². The molecule has 1 N–H and O–H groups in total. The lowest BCUT2D eigenvalue weighted by molar-refractivity contribution is -0.149. The molecule has 0 unspecified atom stereocenters. The van der Waals surface area contributed by atoms with Gasteiger partial charge in [0.25, 0.3) is 0 Å². The van der Waals surface area contributed by atoms with Gasteiger partial charge in [-0.1, -0.05) is 147 Å². The monoisotopic (exact) mass is 607 g/mol. The highest BCUT2D eigenvalue weighted by atomic mass is 16.6. The number of rotatable bonds is 35. The van der Waals surface area contributed by atoms with E-state index in [-0.39, 0.29) is 19.2 Å². The van der Waals surface area contributed by atoms with E-state index in [2.05, 4.69) is 38.2 Å². The molecule has 4 heteroatoms. The molecule has 0 aliphatic heterocycles. The summed E-state index contributed by atoms with van der Waals surface area (Å²) in [5.74, 6) is -0.170. The maximum atomic E-state index is 12.1. The Labute approximate surface area is 268 Å². The topological polar surface area (TPSA) is 55.8 Å². The Morgan fingerprint density at radius 1 is 0.535 bits per heavy atom. The van der Waals surface area contributed by atoms with Gasteiger partial charge in [-0.2, -0.15) is 0 Å². The van der Waals surface area contributed by atoms with Crippen molar-refractivity contribution in [2.45, 2.75) is 200 Å². The molecule has 0 fully saturated rings. The average molecular weight is 607 g/mol. The van der Waals surface area contributed by atoms with Crippen LogP contribution in [0.25, 0.3) is 0 Å². The summed E-state index contributed by atoms with van der Waals surface area (Å²) in [5.41, 5.74) is 0. The van der Waals surface area contributed by atoms with Gasteiger partial charge in [-0.3, -0.25) is 4.79 Å². The Kier molecular flexibility index (Phi) is 36.1. The molecule has 0 heterocycles. The third-order valence-corrected chi connectivity index (χ3v) is 8.29. The van der Waals surface area contributed by atoms with E-state index in [1.807, 2.05) is 0 Å². The summed E-state index contributed by atoms with van der Waals surface area (Å²) in [6, 6.07) is 0. The highest BCUT2D eigenvalue weighted by Gasteiger charge is 2.11. The van der Waals surface area contributed by atoms with Crippen LogP contribution in [0.1, 0.15) is 194 Å². The molecular weight excluding hydrogens is 532 g/mol. The van der Waals surface area contributed by atoms with Crippen molar-refractivity contribution in [2.24, 2.45) is 0 Å². The molecule has 254 valence electrons. The summed E-state index contributed by atoms with van der Waals surface area (Å²) >= 11 is 0. The number of carbonyl (C=O) groups is 1. The molecule has 0 radical (unpaired) electrons. The third-order valence-electron chi connectivity index (χ3n) is 8.29. The lowest BCUT2D eigenvalue weighted by atomic mass is 10.1. The fourth-order valence-corrected chi connectivity index (χ4v) is 5.35. The van der Waals surface area contributed by atoms with Gasteiger partial charge >= 0.3 is 5.97 Å². The molecule has 0 bridgehead atoms. The number of aliphatic hydroxyl groups excluding tert-OH is 1. The van der Waals surface area contributed by atoms with Crippen LogP contribution in [-0.4, -0.2) is 37.0 Å². The minimum absolute atomic E-state index is 0.104. The first kappa shape index (κ1) is 41.9. The standard InChI is InChI=1S/C39H74O4/c1-3-5-7-9-11-13-15-17-19-21-23-25-27-29-31-33-35-42-38(36-40)37-43-39(41)34-32-30-28-26-24-22-20-18-16-14-12-10-8-6-4-2/h17-20,38,40H,3-16,21-37H2,1-2H3/b19-17-,20-18-/t38-/m0/s1. The maximum Gasteiger partial charge on any atom is 0.305 e. The molecule has 0 saturated carbocycles. The van der Waals surface area contributed by atoms with Crippen molar-refractivity contribution in [2.75, 3.05) is 19.8 Å². The smallest absolute Gasteiger partial charge is 0.305 e. The van der Waals surface area contributed by atoms with Crippen molar-refractivity contribution in [1.82, 2.24) is 0 Å². The molecule has 0 aliphatic carbocycles. The molecule has 0 amide bonds. The van der Waals surface area contributed by atoms with Crippen LogP contribution in [-0.2, 0) is 14.3 Å². The summed E-state index contributed by atoms with van der Waals surface area (Å²) < 4.78 is 11.1. The van der Waals surface area contributed by atoms with Crippen LogP contribution in [0, 0.1) is 0 Å². The Hall–Kier alpha value is -1.13. The minimum atomic E-state index is -0.402. The summed E-state index contributed by atoms with van der Waals surface area (Å²) in [7, 11) is 0. The third kappa shape index (κ3) is 35.2. The van der Waals surface area contributed by atoms with Crippen LogP contribution in [0.3, 0.4) is 0 Å². The van der Waals surface area contributed by atoms with E-state index in [1.165, 1.54) is 148 Å². The van der Waals surface area contributed by atoms with Gasteiger partial charge in [0.1, 0.15) is 12.7 Å². The van der Waals surface area contributed by atoms with E-state index in [4.69, 9.17) is 9.47 Å². The predicted molar refractivity (Wildman–Crippen MR) is 187 cm³/mol. The summed E-state index contributed by atoms with van der Waals surface area (Å²) in [4.78, 5) is 12.1. The highest BCUT2D eigenvalue weighted by molar-refractivity contribution is 5.69. The number of ether oxygens (including phenoxy) is 2. The number of hydrogen-bond donors (Lipinski definition) is 1. The SMILES string of the molecule is CCCCCCCC/C=C\CCCCCCCCO[C@@H](CO)COC(=O)CCCCCCC/C=C\CCCCCCCC. The number of esters is 1. The van der Waals surface area contributed by atoms with Gasteiger partial charge < -0.3 is 14.6 Å². The van der Waals surface area contributed by atoms with E-state index >= 15 is 0 Å². The van der Waals surface area contributed by atoms with Crippen LogP contribution in [0.5, 0.6) is 0 Å². The van der Waals surface area contributed by atoms with Gasteiger partial charge in [0.15, 0.2) is 0 Å². The van der Waals surface area contributed by atoms with E-state index < -0.39 is 6.10 Å². The maximum absolute atomic E-state index is 12.1. The van der Waals surface area contributed by atoms with Gasteiger partial charge in [-0.15, -0.1) is 0 Å². The number of unbranched alkanes of at least 4 members (excludes halogenated alkanes) is 23. The lowest BCUT2D eigenvalue weighted by Gasteiger charge is -2.15. The van der Waals surface area contributed by atoms with Crippen molar-refractivity contribution in [3.05, 3.63) is 24.3 Å². The van der Waals surface area contributed by atoms with E-state index in [0.29, 0.717) is 13.0 Å². The average Bonchev–Trinajstić information content (AvgIpc) is 3.02. The zero-order valence-corrected chi connectivity index (χ0v) is 29.0. The molecule has 43 heavy (non-hydrogen) atoms. The first-order valence-corrected chi connectivity index (χ1v) is 18.9. The summed E-state index contributed by atoms with van der Waals surface area (Å²) in [6.45, 7) is 5.22. The zero-order valence-electron chi connectivity index (χ0n) is 29.0. The Balaban J connectivity index is 3.45. The second-order valence-corrected chi connectivity index (χ2v) is 12.6. The summed E-state index contributed by atoms with van der Waals surface area (Å²) in [6.07, 6.45) is 43.7. The van der Waals surface area contributed by atoms with Gasteiger partial charge in [-0.05, 0) is 64.2 Å². The molecule has 0 aliphatic rings. The Morgan fingerprint density at radius 2 is 0.907 bits per heavy atom. The quantitative estimate of drug-likeness (QED) is 0.0443. The first-order chi connectivity index (χ1) is 21.2. The van der Waals surface area contributed by atoms with Crippen molar-refractivity contribution in [3.63, 3.8) is 0 Å². The van der Waals surface area contributed by atoms with E-state index in [0.717, 1.165) is 25.7 Å². The molecule has 4 nitrogen and oxygen atoms in total. The van der Waals surface area contributed by atoms with Crippen molar-refractivity contribution in [1.29, 1.82) is 0 Å². The fraction of sp³-hybridized carbons (Fsp3) is 0.872. The molecule has 0 aromatic heterocycles. The number of hydrogen-bond acceptors (Lipinski definition) is 4.